The highest BCUT2D eigenvalue weighted by atomic mass is 35.5. The fourth-order valence-corrected chi connectivity index (χ4v) is 4.78. The number of rotatable bonds is 3. The maximum Gasteiger partial charge on any atom is 0.254 e. The van der Waals surface area contributed by atoms with Gasteiger partial charge in [0.2, 0.25) is 0 Å². The zero-order chi connectivity index (χ0) is 17.4. The smallest absolute Gasteiger partial charge is 0.254 e. The van der Waals surface area contributed by atoms with E-state index in [1.807, 2.05) is 33.9 Å². The van der Waals surface area contributed by atoms with Crippen molar-refractivity contribution in [3.63, 3.8) is 0 Å². The summed E-state index contributed by atoms with van der Waals surface area (Å²) in [7, 11) is 0. The Labute approximate surface area is 156 Å². The first-order valence-electron chi connectivity index (χ1n) is 8.52. The number of carbonyl (C=O) groups is 1. The number of aliphatic hydroxyl groups is 1. The predicted molar refractivity (Wildman–Crippen MR) is 98.3 cm³/mol. The van der Waals surface area contributed by atoms with Crippen LogP contribution in [-0.4, -0.2) is 41.2 Å². The summed E-state index contributed by atoms with van der Waals surface area (Å²) in [5, 5.41) is 14.9. The monoisotopic (exact) mass is 377 g/mol. The molecular formula is C19H20ClNO3S. The number of nitrogens with zero attached hydrogens (tertiary/aromatic N) is 1. The molecule has 132 valence electrons. The molecule has 0 unspecified atom stereocenters. The minimum absolute atomic E-state index is 0.0949. The molecule has 1 aliphatic heterocycles. The van der Waals surface area contributed by atoms with Gasteiger partial charge in [0.05, 0.1) is 11.7 Å². The van der Waals surface area contributed by atoms with E-state index in [2.05, 4.69) is 0 Å². The summed E-state index contributed by atoms with van der Waals surface area (Å²) in [5.74, 6) is 1.49. The van der Waals surface area contributed by atoms with Gasteiger partial charge in [-0.05, 0) is 54.3 Å². The average molecular weight is 378 g/mol. The van der Waals surface area contributed by atoms with Gasteiger partial charge in [-0.3, -0.25) is 4.79 Å². The van der Waals surface area contributed by atoms with E-state index in [4.69, 9.17) is 16.3 Å². The Morgan fingerprint density at radius 1 is 1.24 bits per heavy atom. The van der Waals surface area contributed by atoms with E-state index in [-0.39, 0.29) is 12.0 Å². The third-order valence-corrected chi connectivity index (χ3v) is 6.14. The van der Waals surface area contributed by atoms with Gasteiger partial charge < -0.3 is 14.7 Å². The highest BCUT2D eigenvalue weighted by molar-refractivity contribution is 7.08. The van der Waals surface area contributed by atoms with Gasteiger partial charge in [-0.2, -0.15) is 11.3 Å². The molecule has 2 aromatic rings. The molecular weight excluding hydrogens is 358 g/mol. The number of benzene rings is 1. The lowest BCUT2D eigenvalue weighted by atomic mass is 9.78. The van der Waals surface area contributed by atoms with E-state index >= 15 is 0 Å². The second-order valence-corrected chi connectivity index (χ2v) is 8.11. The molecule has 1 aromatic carbocycles. The lowest BCUT2D eigenvalue weighted by Crippen LogP contribution is -2.42. The van der Waals surface area contributed by atoms with Crippen LogP contribution in [0.1, 0.15) is 23.2 Å². The molecule has 2 heterocycles. The average Bonchev–Trinajstić information content (AvgIpc) is 3.24. The van der Waals surface area contributed by atoms with Gasteiger partial charge in [-0.15, -0.1) is 0 Å². The standard InChI is InChI=1S/C19H20ClNO3S/c20-15-2-1-3-16(8-15)24-18-7-14-10-21(9-13(14)6-17(18)22)19(23)12-4-5-25-11-12/h1-5,8,11,13-14,17-18,22H,6-7,9-10H2/t13-,14+,17+,18+/m0/s1. The van der Waals surface area contributed by atoms with Crippen LogP contribution in [0.5, 0.6) is 5.75 Å². The number of hydrogen-bond donors (Lipinski definition) is 1. The molecule has 1 saturated heterocycles. The number of aliphatic hydroxyl groups excluding tert-OH is 1. The summed E-state index contributed by atoms with van der Waals surface area (Å²) in [6.07, 6.45) is 0.655. The van der Waals surface area contributed by atoms with Gasteiger partial charge in [-0.25, -0.2) is 0 Å². The predicted octanol–water partition coefficient (Wildman–Crippen LogP) is 3.69. The van der Waals surface area contributed by atoms with E-state index in [0.717, 1.165) is 25.1 Å². The fourth-order valence-electron chi connectivity index (χ4n) is 3.97. The molecule has 6 heteroatoms. The maximum atomic E-state index is 12.6. The van der Waals surface area contributed by atoms with Gasteiger partial charge in [-0.1, -0.05) is 17.7 Å². The first-order valence-corrected chi connectivity index (χ1v) is 9.84. The van der Waals surface area contributed by atoms with Crippen LogP contribution in [-0.2, 0) is 0 Å². The Kier molecular flexibility index (Phi) is 4.71. The minimum Gasteiger partial charge on any atom is -0.488 e. The Balaban J connectivity index is 1.42. The highest BCUT2D eigenvalue weighted by Gasteiger charge is 2.44. The van der Waals surface area contributed by atoms with Crippen LogP contribution in [0.25, 0.3) is 0 Å². The molecule has 4 nitrogen and oxygen atoms in total. The second kappa shape index (κ2) is 6.98. The Morgan fingerprint density at radius 3 is 2.76 bits per heavy atom. The van der Waals surface area contributed by atoms with Crippen LogP contribution in [0, 0.1) is 11.8 Å². The molecule has 25 heavy (non-hydrogen) atoms. The fraction of sp³-hybridized carbons (Fsp3) is 0.421. The molecule has 0 bridgehead atoms. The van der Waals surface area contributed by atoms with Crippen molar-refractivity contribution >= 4 is 28.8 Å². The van der Waals surface area contributed by atoms with Crippen LogP contribution >= 0.6 is 22.9 Å². The van der Waals surface area contributed by atoms with Gasteiger partial charge >= 0.3 is 0 Å². The van der Waals surface area contributed by atoms with Crippen LogP contribution in [0.2, 0.25) is 5.02 Å². The molecule has 2 aliphatic rings. The number of ether oxygens (including phenoxy) is 1. The zero-order valence-corrected chi connectivity index (χ0v) is 15.2. The molecule has 1 aliphatic carbocycles. The van der Waals surface area contributed by atoms with Crippen molar-refractivity contribution in [1.29, 1.82) is 0 Å². The van der Waals surface area contributed by atoms with Crippen molar-refractivity contribution < 1.29 is 14.6 Å². The number of hydrogen-bond acceptors (Lipinski definition) is 4. The molecule has 4 rings (SSSR count). The number of fused-ring (bicyclic) bond motifs is 1. The Bertz CT molecular complexity index is 751. The first-order chi connectivity index (χ1) is 12.1. The third-order valence-electron chi connectivity index (χ3n) is 5.22. The van der Waals surface area contributed by atoms with E-state index in [0.29, 0.717) is 29.0 Å². The number of thiophene rings is 1. The van der Waals surface area contributed by atoms with Crippen molar-refractivity contribution in [2.75, 3.05) is 13.1 Å². The van der Waals surface area contributed by atoms with E-state index < -0.39 is 6.10 Å². The maximum absolute atomic E-state index is 12.6. The van der Waals surface area contributed by atoms with Crippen molar-refractivity contribution in [3.8, 4) is 5.75 Å². The number of amides is 1. The minimum atomic E-state index is -0.517. The Morgan fingerprint density at radius 2 is 2.04 bits per heavy atom. The third kappa shape index (κ3) is 3.54. The van der Waals surface area contributed by atoms with E-state index in [1.54, 1.807) is 12.1 Å². The quantitative estimate of drug-likeness (QED) is 0.887. The summed E-state index contributed by atoms with van der Waals surface area (Å²) >= 11 is 7.54. The van der Waals surface area contributed by atoms with Crippen LogP contribution in [0.4, 0.5) is 0 Å². The normalized spacial score (nSPS) is 28.6. The van der Waals surface area contributed by atoms with Crippen molar-refractivity contribution in [2.45, 2.75) is 25.0 Å². The number of carbonyl (C=O) groups excluding carboxylic acids is 1. The summed E-state index contributed by atoms with van der Waals surface area (Å²) in [6.45, 7) is 1.46. The number of likely N-dealkylation sites (tertiary alicyclic amines) is 1. The summed E-state index contributed by atoms with van der Waals surface area (Å²) in [4.78, 5) is 14.5. The number of halogens is 1. The van der Waals surface area contributed by atoms with Crippen LogP contribution < -0.4 is 4.74 Å². The van der Waals surface area contributed by atoms with E-state index in [1.165, 1.54) is 11.3 Å². The highest BCUT2D eigenvalue weighted by Crippen LogP contribution is 2.38. The summed E-state index contributed by atoms with van der Waals surface area (Å²) in [5.41, 5.74) is 0.760. The topological polar surface area (TPSA) is 49.8 Å². The molecule has 1 N–H and O–H groups in total. The lowest BCUT2D eigenvalue weighted by Gasteiger charge is -2.35. The largest absolute Gasteiger partial charge is 0.488 e. The van der Waals surface area contributed by atoms with Crippen LogP contribution in [0.15, 0.2) is 41.1 Å². The van der Waals surface area contributed by atoms with Crippen molar-refractivity contribution in [3.05, 3.63) is 51.7 Å². The van der Waals surface area contributed by atoms with Gasteiger partial charge in [0.15, 0.2) is 0 Å². The molecule has 0 spiro atoms. The van der Waals surface area contributed by atoms with E-state index in [9.17, 15) is 9.90 Å². The lowest BCUT2D eigenvalue weighted by molar-refractivity contribution is -0.0231. The van der Waals surface area contributed by atoms with Crippen molar-refractivity contribution in [1.82, 2.24) is 4.90 Å². The molecule has 0 radical (unpaired) electrons. The molecule has 1 saturated carbocycles. The molecule has 1 amide bonds. The SMILES string of the molecule is O=C(c1ccsc1)N1C[C@H]2C[C@@H](Oc3cccc(Cl)c3)[C@H](O)C[C@H]2C1. The van der Waals surface area contributed by atoms with Gasteiger partial charge in [0, 0.05) is 23.5 Å². The summed E-state index contributed by atoms with van der Waals surface area (Å²) in [6, 6.07) is 9.13. The van der Waals surface area contributed by atoms with Gasteiger partial charge in [0.1, 0.15) is 11.9 Å². The molecule has 2 fully saturated rings. The van der Waals surface area contributed by atoms with Gasteiger partial charge in [0.25, 0.3) is 5.91 Å². The molecule has 1 aromatic heterocycles. The second-order valence-electron chi connectivity index (χ2n) is 6.89. The first kappa shape index (κ1) is 16.9. The van der Waals surface area contributed by atoms with Crippen molar-refractivity contribution in [2.24, 2.45) is 11.8 Å². The summed E-state index contributed by atoms with van der Waals surface area (Å²) < 4.78 is 5.99. The molecule has 4 atom stereocenters. The zero-order valence-electron chi connectivity index (χ0n) is 13.7. The van der Waals surface area contributed by atoms with Crippen LogP contribution in [0.3, 0.4) is 0 Å². The Hall–Kier alpha value is -1.56.